The van der Waals surface area contributed by atoms with Crippen molar-refractivity contribution in [2.45, 2.75) is 0 Å². The molecule has 1 aromatic heterocycles. The minimum Gasteiger partial charge on any atom is -0.360 e. The smallest absolute Gasteiger partial charge is 0.269 e. The molecule has 0 saturated heterocycles. The molecule has 1 N–H and O–H groups in total. The van der Waals surface area contributed by atoms with Gasteiger partial charge in [0.25, 0.3) is 5.69 Å². The first-order valence-corrected chi connectivity index (χ1v) is 8.38. The van der Waals surface area contributed by atoms with E-state index in [1.807, 2.05) is 6.07 Å². The van der Waals surface area contributed by atoms with Gasteiger partial charge in [0.1, 0.15) is 16.6 Å². The van der Waals surface area contributed by atoms with Gasteiger partial charge in [-0.15, -0.1) is 11.3 Å². The number of nitriles is 1. The first kappa shape index (κ1) is 18.2. The maximum absolute atomic E-state index is 13.2. The first-order valence-electron chi connectivity index (χ1n) is 7.50. The molecule has 0 unspecified atom stereocenters. The third-order valence-corrected chi connectivity index (χ3v) is 4.41. The number of rotatable bonds is 5. The molecule has 0 radical (unpaired) electrons. The SMILES string of the molecule is N#C/C(=C/Nc1ccc(F)c(F)c1)c1nc(-c2ccc([N+](=O)[O-])cc2)cs1. The molecular formula is C18H10F2N4O2S. The summed E-state index contributed by atoms with van der Waals surface area (Å²) in [7, 11) is 0. The molecule has 0 atom stereocenters. The Balaban J connectivity index is 1.81. The van der Waals surface area contributed by atoms with Crippen LogP contribution in [0.3, 0.4) is 0 Å². The summed E-state index contributed by atoms with van der Waals surface area (Å²) < 4.78 is 26.2. The fourth-order valence-corrected chi connectivity index (χ4v) is 2.96. The van der Waals surface area contributed by atoms with Crippen molar-refractivity contribution in [1.82, 2.24) is 4.98 Å². The van der Waals surface area contributed by atoms with Gasteiger partial charge in [0.15, 0.2) is 11.6 Å². The van der Waals surface area contributed by atoms with E-state index in [9.17, 15) is 24.2 Å². The van der Waals surface area contributed by atoms with Crippen LogP contribution in [0.1, 0.15) is 5.01 Å². The first-order chi connectivity index (χ1) is 13.0. The highest BCUT2D eigenvalue weighted by molar-refractivity contribution is 7.11. The Bertz CT molecular complexity index is 1070. The predicted molar refractivity (Wildman–Crippen MR) is 97.8 cm³/mol. The van der Waals surface area contributed by atoms with E-state index < -0.39 is 16.6 Å². The number of benzene rings is 2. The fourth-order valence-electron chi connectivity index (χ4n) is 2.17. The molecule has 6 nitrogen and oxygen atoms in total. The normalized spacial score (nSPS) is 11.1. The van der Waals surface area contributed by atoms with Gasteiger partial charge in [0.2, 0.25) is 0 Å². The molecule has 9 heteroatoms. The van der Waals surface area contributed by atoms with Crippen molar-refractivity contribution in [2.24, 2.45) is 0 Å². The highest BCUT2D eigenvalue weighted by Gasteiger charge is 2.11. The van der Waals surface area contributed by atoms with Crippen molar-refractivity contribution < 1.29 is 13.7 Å². The number of nitro benzene ring substituents is 1. The Labute approximate surface area is 156 Å². The largest absolute Gasteiger partial charge is 0.360 e. The molecule has 134 valence electrons. The molecule has 0 aliphatic carbocycles. The number of hydrogen-bond acceptors (Lipinski definition) is 6. The zero-order chi connectivity index (χ0) is 19.4. The van der Waals surface area contributed by atoms with Crippen molar-refractivity contribution in [3.05, 3.63) is 80.8 Å². The summed E-state index contributed by atoms with van der Waals surface area (Å²) in [6, 6.07) is 11.2. The van der Waals surface area contributed by atoms with Crippen LogP contribution < -0.4 is 5.32 Å². The second-order valence-electron chi connectivity index (χ2n) is 5.28. The highest BCUT2D eigenvalue weighted by Crippen LogP contribution is 2.27. The maximum Gasteiger partial charge on any atom is 0.269 e. The number of allylic oxidation sites excluding steroid dienone is 1. The van der Waals surface area contributed by atoms with Crippen molar-refractivity contribution in [1.29, 1.82) is 5.26 Å². The number of halogens is 2. The van der Waals surface area contributed by atoms with Crippen LogP contribution in [0, 0.1) is 33.1 Å². The van der Waals surface area contributed by atoms with Crippen LogP contribution in [-0.2, 0) is 0 Å². The molecule has 27 heavy (non-hydrogen) atoms. The summed E-state index contributed by atoms with van der Waals surface area (Å²) in [5.41, 5.74) is 1.71. The molecule has 3 aromatic rings. The van der Waals surface area contributed by atoms with E-state index in [2.05, 4.69) is 10.3 Å². The van der Waals surface area contributed by atoms with Gasteiger partial charge in [0.05, 0.1) is 10.6 Å². The zero-order valence-corrected chi connectivity index (χ0v) is 14.3. The highest BCUT2D eigenvalue weighted by atomic mass is 32.1. The van der Waals surface area contributed by atoms with Gasteiger partial charge in [-0.1, -0.05) is 0 Å². The number of nitrogens with one attached hydrogen (secondary N) is 1. The van der Waals surface area contributed by atoms with Crippen molar-refractivity contribution in [3.63, 3.8) is 0 Å². The molecule has 3 rings (SSSR count). The summed E-state index contributed by atoms with van der Waals surface area (Å²) in [6.45, 7) is 0. The lowest BCUT2D eigenvalue weighted by Gasteiger charge is -2.02. The van der Waals surface area contributed by atoms with Gasteiger partial charge in [-0.25, -0.2) is 13.8 Å². The topological polar surface area (TPSA) is 91.8 Å². The van der Waals surface area contributed by atoms with Gasteiger partial charge in [-0.2, -0.15) is 5.26 Å². The van der Waals surface area contributed by atoms with Crippen LogP contribution in [0.5, 0.6) is 0 Å². The number of nitrogens with zero attached hydrogens (tertiary/aromatic N) is 3. The average Bonchev–Trinajstić information content (AvgIpc) is 3.15. The summed E-state index contributed by atoms with van der Waals surface area (Å²) in [5.74, 6) is -1.96. The molecule has 0 amide bonds. The second-order valence-corrected chi connectivity index (χ2v) is 6.14. The Hall–Kier alpha value is -3.64. The number of nitro groups is 1. The minimum absolute atomic E-state index is 0.0254. The summed E-state index contributed by atoms with van der Waals surface area (Å²) in [4.78, 5) is 14.6. The molecule has 0 spiro atoms. The lowest BCUT2D eigenvalue weighted by atomic mass is 10.1. The Morgan fingerprint density at radius 1 is 1.22 bits per heavy atom. The number of aromatic nitrogens is 1. The van der Waals surface area contributed by atoms with E-state index in [0.29, 0.717) is 16.3 Å². The fraction of sp³-hybridized carbons (Fsp3) is 0. The van der Waals surface area contributed by atoms with E-state index in [4.69, 9.17) is 0 Å². The molecule has 0 bridgehead atoms. The van der Waals surface area contributed by atoms with E-state index in [1.165, 1.54) is 35.7 Å². The standard InChI is InChI=1S/C18H10F2N4O2S/c19-15-6-3-13(7-16(15)20)22-9-12(8-21)18-23-17(10-27-18)11-1-4-14(5-2-11)24(25)26/h1-7,9-10,22H/b12-9-. The third-order valence-electron chi connectivity index (χ3n) is 3.53. The van der Waals surface area contributed by atoms with Crippen molar-refractivity contribution >= 4 is 28.3 Å². The quantitative estimate of drug-likeness (QED) is 0.381. The van der Waals surface area contributed by atoms with Crippen LogP contribution in [0.15, 0.2) is 54.0 Å². The molecule has 2 aromatic carbocycles. The molecule has 0 aliphatic heterocycles. The zero-order valence-electron chi connectivity index (χ0n) is 13.5. The van der Waals surface area contributed by atoms with Gasteiger partial charge in [-0.05, 0) is 24.3 Å². The Kier molecular flexibility index (Phi) is 5.19. The number of thiazole rings is 1. The number of hydrogen-bond donors (Lipinski definition) is 1. The van der Waals surface area contributed by atoms with Gasteiger partial charge in [-0.3, -0.25) is 10.1 Å². The van der Waals surface area contributed by atoms with Crippen LogP contribution in [-0.4, -0.2) is 9.91 Å². The average molecular weight is 384 g/mol. The van der Waals surface area contributed by atoms with Crippen LogP contribution in [0.2, 0.25) is 0 Å². The molecule has 1 heterocycles. The van der Waals surface area contributed by atoms with Gasteiger partial charge in [0, 0.05) is 41.0 Å². The lowest BCUT2D eigenvalue weighted by molar-refractivity contribution is -0.384. The number of non-ortho nitro benzene ring substituents is 1. The summed E-state index contributed by atoms with van der Waals surface area (Å²) >= 11 is 1.22. The van der Waals surface area contributed by atoms with Gasteiger partial charge >= 0.3 is 0 Å². The Morgan fingerprint density at radius 3 is 2.59 bits per heavy atom. The molecule has 0 saturated carbocycles. The van der Waals surface area contributed by atoms with E-state index >= 15 is 0 Å². The summed E-state index contributed by atoms with van der Waals surface area (Å²) in [5, 5.41) is 24.9. The van der Waals surface area contributed by atoms with E-state index in [0.717, 1.165) is 12.1 Å². The monoisotopic (exact) mass is 384 g/mol. The van der Waals surface area contributed by atoms with E-state index in [-0.39, 0.29) is 16.9 Å². The second kappa shape index (κ2) is 7.72. The molecule has 0 fully saturated rings. The van der Waals surface area contributed by atoms with Gasteiger partial charge < -0.3 is 5.32 Å². The van der Waals surface area contributed by atoms with Crippen LogP contribution >= 0.6 is 11.3 Å². The Morgan fingerprint density at radius 2 is 1.96 bits per heavy atom. The molecule has 0 aliphatic rings. The van der Waals surface area contributed by atoms with Crippen molar-refractivity contribution in [3.8, 4) is 17.3 Å². The summed E-state index contributed by atoms with van der Waals surface area (Å²) in [6.07, 6.45) is 1.35. The maximum atomic E-state index is 13.2. The third kappa shape index (κ3) is 4.13. The molecular weight excluding hydrogens is 374 g/mol. The van der Waals surface area contributed by atoms with Crippen molar-refractivity contribution in [2.75, 3.05) is 5.32 Å². The minimum atomic E-state index is -0.999. The predicted octanol–water partition coefficient (Wildman–Crippen LogP) is 4.97. The van der Waals surface area contributed by atoms with E-state index in [1.54, 1.807) is 17.5 Å². The number of anilines is 1. The van der Waals surface area contributed by atoms with Crippen LogP contribution in [0.4, 0.5) is 20.2 Å². The van der Waals surface area contributed by atoms with Crippen LogP contribution in [0.25, 0.3) is 16.8 Å². The lowest BCUT2D eigenvalue weighted by Crippen LogP contribution is -1.93.